The van der Waals surface area contributed by atoms with Gasteiger partial charge in [0.15, 0.2) is 9.84 Å². The molecule has 0 radical (unpaired) electrons. The standard InChI is InChI=1S/C21H26N2O5S/c1-4-19(21(25)22-16-10-8-9-15(3)13-16)29(26,27)14-20(24)23-17-11-6-7-12-18(17)28-5-2/h6-13,19H,4-5,14H2,1-3H3,(H,22,25)(H,23,24). The first kappa shape index (κ1) is 22.4. The molecule has 1 atom stereocenters. The van der Waals surface area contributed by atoms with Gasteiger partial charge in [-0.2, -0.15) is 0 Å². The average molecular weight is 419 g/mol. The van der Waals surface area contributed by atoms with Crippen LogP contribution in [0.3, 0.4) is 0 Å². The Morgan fingerprint density at radius 3 is 2.41 bits per heavy atom. The summed E-state index contributed by atoms with van der Waals surface area (Å²) in [7, 11) is -4.01. The Kier molecular flexibility index (Phi) is 7.78. The third-order valence-electron chi connectivity index (χ3n) is 4.18. The predicted octanol–water partition coefficient (Wildman–Crippen LogP) is 3.16. The Morgan fingerprint density at radius 2 is 1.76 bits per heavy atom. The molecule has 0 bridgehead atoms. The number of hydrogen-bond acceptors (Lipinski definition) is 5. The van der Waals surface area contributed by atoms with E-state index in [9.17, 15) is 18.0 Å². The number of ether oxygens (including phenoxy) is 1. The first-order valence-electron chi connectivity index (χ1n) is 9.37. The molecule has 0 aliphatic carbocycles. The number of anilines is 2. The lowest BCUT2D eigenvalue weighted by Crippen LogP contribution is -2.39. The molecule has 0 aromatic heterocycles. The van der Waals surface area contributed by atoms with Crippen LogP contribution in [0.1, 0.15) is 25.8 Å². The molecule has 2 N–H and O–H groups in total. The molecule has 156 valence electrons. The summed E-state index contributed by atoms with van der Waals surface area (Å²) in [6, 6.07) is 13.8. The Balaban J connectivity index is 2.09. The molecule has 0 aliphatic heterocycles. The highest BCUT2D eigenvalue weighted by atomic mass is 32.2. The van der Waals surface area contributed by atoms with Crippen LogP contribution in [-0.2, 0) is 19.4 Å². The predicted molar refractivity (Wildman–Crippen MR) is 114 cm³/mol. The van der Waals surface area contributed by atoms with E-state index in [1.54, 1.807) is 49.4 Å². The van der Waals surface area contributed by atoms with Crippen LogP contribution >= 0.6 is 0 Å². The summed E-state index contributed by atoms with van der Waals surface area (Å²) in [5, 5.41) is 3.85. The minimum Gasteiger partial charge on any atom is -0.492 e. The molecule has 2 amide bonds. The van der Waals surface area contributed by atoms with Gasteiger partial charge in [0, 0.05) is 5.69 Å². The Bertz CT molecular complexity index is 973. The quantitative estimate of drug-likeness (QED) is 0.651. The van der Waals surface area contributed by atoms with Gasteiger partial charge >= 0.3 is 0 Å². The molecule has 0 fully saturated rings. The molecular weight excluding hydrogens is 392 g/mol. The molecule has 8 heteroatoms. The molecule has 1 unspecified atom stereocenters. The largest absolute Gasteiger partial charge is 0.492 e. The maximum atomic E-state index is 12.7. The van der Waals surface area contributed by atoms with Crippen molar-refractivity contribution in [3.63, 3.8) is 0 Å². The summed E-state index contributed by atoms with van der Waals surface area (Å²) < 4.78 is 30.9. The zero-order valence-corrected chi connectivity index (χ0v) is 17.6. The molecule has 0 spiro atoms. The van der Waals surface area contributed by atoms with Crippen LogP contribution < -0.4 is 15.4 Å². The number of para-hydroxylation sites is 2. The number of hydrogen-bond donors (Lipinski definition) is 2. The van der Waals surface area contributed by atoms with Gasteiger partial charge in [0.2, 0.25) is 11.8 Å². The van der Waals surface area contributed by atoms with Gasteiger partial charge in [0.25, 0.3) is 0 Å². The normalized spacial score (nSPS) is 12.1. The fraction of sp³-hybridized carbons (Fsp3) is 0.333. The first-order chi connectivity index (χ1) is 13.8. The molecular formula is C21H26N2O5S. The maximum absolute atomic E-state index is 12.7. The summed E-state index contributed by atoms with van der Waals surface area (Å²) in [5.74, 6) is -1.72. The Labute approximate surface area is 171 Å². The van der Waals surface area contributed by atoms with Crippen molar-refractivity contribution in [3.8, 4) is 5.75 Å². The van der Waals surface area contributed by atoms with Gasteiger partial charge in [-0.1, -0.05) is 31.2 Å². The van der Waals surface area contributed by atoms with Gasteiger partial charge in [-0.05, 0) is 50.1 Å². The fourth-order valence-electron chi connectivity index (χ4n) is 2.87. The number of carbonyl (C=O) groups excluding carboxylic acids is 2. The van der Waals surface area contributed by atoms with E-state index in [1.165, 1.54) is 0 Å². The van der Waals surface area contributed by atoms with Crippen molar-refractivity contribution >= 4 is 33.0 Å². The highest BCUT2D eigenvalue weighted by Gasteiger charge is 2.33. The van der Waals surface area contributed by atoms with Crippen molar-refractivity contribution in [1.82, 2.24) is 0 Å². The fourth-order valence-corrected chi connectivity index (χ4v) is 4.40. The summed E-state index contributed by atoms with van der Waals surface area (Å²) >= 11 is 0. The van der Waals surface area contributed by atoms with Crippen molar-refractivity contribution in [1.29, 1.82) is 0 Å². The topological polar surface area (TPSA) is 102 Å². The van der Waals surface area contributed by atoms with E-state index < -0.39 is 32.7 Å². The van der Waals surface area contributed by atoms with Gasteiger partial charge < -0.3 is 15.4 Å². The second-order valence-corrected chi connectivity index (χ2v) is 8.72. The van der Waals surface area contributed by atoms with E-state index in [0.29, 0.717) is 23.7 Å². The van der Waals surface area contributed by atoms with Crippen LogP contribution in [-0.4, -0.2) is 37.8 Å². The zero-order chi connectivity index (χ0) is 21.4. The average Bonchev–Trinajstić information content (AvgIpc) is 2.63. The second kappa shape index (κ2) is 10.1. The molecule has 2 aromatic carbocycles. The lowest BCUT2D eigenvalue weighted by atomic mass is 10.2. The molecule has 2 aromatic rings. The summed E-state index contributed by atoms with van der Waals surface area (Å²) in [4.78, 5) is 24.9. The van der Waals surface area contributed by atoms with E-state index in [-0.39, 0.29) is 6.42 Å². The van der Waals surface area contributed by atoms with Crippen LogP contribution in [0, 0.1) is 6.92 Å². The SMILES string of the molecule is CCOc1ccccc1NC(=O)CS(=O)(=O)C(CC)C(=O)Nc1cccc(C)c1. The molecule has 0 saturated heterocycles. The lowest BCUT2D eigenvalue weighted by Gasteiger charge is -2.16. The molecule has 0 aliphatic rings. The smallest absolute Gasteiger partial charge is 0.242 e. The van der Waals surface area contributed by atoms with E-state index >= 15 is 0 Å². The van der Waals surface area contributed by atoms with Gasteiger partial charge in [0.05, 0.1) is 12.3 Å². The third-order valence-corrected chi connectivity index (χ3v) is 6.25. The Morgan fingerprint density at radius 1 is 1.03 bits per heavy atom. The van der Waals surface area contributed by atoms with Crippen molar-refractivity contribution in [2.75, 3.05) is 23.0 Å². The van der Waals surface area contributed by atoms with Gasteiger partial charge in [-0.25, -0.2) is 8.42 Å². The summed E-state index contributed by atoms with van der Waals surface area (Å²) in [6.07, 6.45) is 0.0583. The Hall–Kier alpha value is -2.87. The minimum atomic E-state index is -4.01. The monoisotopic (exact) mass is 418 g/mol. The van der Waals surface area contributed by atoms with E-state index in [2.05, 4.69) is 10.6 Å². The molecule has 29 heavy (non-hydrogen) atoms. The molecule has 0 saturated carbocycles. The van der Waals surface area contributed by atoms with Crippen LogP contribution in [0.15, 0.2) is 48.5 Å². The summed E-state index contributed by atoms with van der Waals surface area (Å²) in [5.41, 5.74) is 1.83. The third kappa shape index (κ3) is 6.32. The number of nitrogens with one attached hydrogen (secondary N) is 2. The lowest BCUT2D eigenvalue weighted by molar-refractivity contribution is -0.115. The van der Waals surface area contributed by atoms with E-state index in [0.717, 1.165) is 5.56 Å². The summed E-state index contributed by atoms with van der Waals surface area (Å²) in [6.45, 7) is 5.68. The number of rotatable bonds is 9. The van der Waals surface area contributed by atoms with E-state index in [1.807, 2.05) is 19.9 Å². The van der Waals surface area contributed by atoms with Crippen LogP contribution in [0.4, 0.5) is 11.4 Å². The van der Waals surface area contributed by atoms with Crippen molar-refractivity contribution in [2.45, 2.75) is 32.4 Å². The number of carbonyl (C=O) groups is 2. The molecule has 7 nitrogen and oxygen atoms in total. The van der Waals surface area contributed by atoms with E-state index in [4.69, 9.17) is 4.74 Å². The van der Waals surface area contributed by atoms with Gasteiger partial charge in [-0.3, -0.25) is 9.59 Å². The number of aryl methyl sites for hydroxylation is 1. The van der Waals surface area contributed by atoms with Gasteiger partial charge in [0.1, 0.15) is 16.8 Å². The molecule has 0 heterocycles. The van der Waals surface area contributed by atoms with Crippen molar-refractivity contribution in [3.05, 3.63) is 54.1 Å². The maximum Gasteiger partial charge on any atom is 0.242 e. The number of amides is 2. The zero-order valence-electron chi connectivity index (χ0n) is 16.8. The van der Waals surface area contributed by atoms with Gasteiger partial charge in [-0.15, -0.1) is 0 Å². The number of sulfone groups is 1. The van der Waals surface area contributed by atoms with Crippen molar-refractivity contribution in [2.24, 2.45) is 0 Å². The second-order valence-electron chi connectivity index (χ2n) is 6.54. The van der Waals surface area contributed by atoms with Crippen LogP contribution in [0.5, 0.6) is 5.75 Å². The van der Waals surface area contributed by atoms with Crippen molar-refractivity contribution < 1.29 is 22.7 Å². The van der Waals surface area contributed by atoms with Crippen LogP contribution in [0.2, 0.25) is 0 Å². The molecule has 2 rings (SSSR count). The minimum absolute atomic E-state index is 0.0583. The number of benzene rings is 2. The highest BCUT2D eigenvalue weighted by molar-refractivity contribution is 7.93. The van der Waals surface area contributed by atoms with Crippen LogP contribution in [0.25, 0.3) is 0 Å². The highest BCUT2D eigenvalue weighted by Crippen LogP contribution is 2.24. The first-order valence-corrected chi connectivity index (χ1v) is 11.1.